The van der Waals surface area contributed by atoms with Crippen molar-refractivity contribution in [1.29, 1.82) is 0 Å². The Kier molecular flexibility index (Phi) is 2.78. The standard InChI is InChI=1S/C11H13N3O/c1-9-3-2-4-10(13-9)5-14-6-11(7-15)12-8-14/h2-4,6,8,15H,5,7H2,1H3. The summed E-state index contributed by atoms with van der Waals surface area (Å²) in [5, 5.41) is 8.87. The molecule has 0 unspecified atom stereocenters. The molecule has 0 radical (unpaired) electrons. The summed E-state index contributed by atoms with van der Waals surface area (Å²) in [6.45, 7) is 2.64. The lowest BCUT2D eigenvalue weighted by Crippen LogP contribution is -1.99. The molecule has 2 aromatic heterocycles. The van der Waals surface area contributed by atoms with Crippen molar-refractivity contribution in [1.82, 2.24) is 14.5 Å². The summed E-state index contributed by atoms with van der Waals surface area (Å²) < 4.78 is 1.91. The average Bonchev–Trinajstić information content (AvgIpc) is 2.65. The second-order valence-corrected chi connectivity index (χ2v) is 3.47. The summed E-state index contributed by atoms with van der Waals surface area (Å²) in [4.78, 5) is 8.43. The zero-order chi connectivity index (χ0) is 10.7. The van der Waals surface area contributed by atoms with E-state index >= 15 is 0 Å². The van der Waals surface area contributed by atoms with Crippen molar-refractivity contribution in [3.8, 4) is 0 Å². The van der Waals surface area contributed by atoms with E-state index in [-0.39, 0.29) is 6.61 Å². The normalized spacial score (nSPS) is 10.5. The first-order chi connectivity index (χ1) is 7.28. The van der Waals surface area contributed by atoms with E-state index in [2.05, 4.69) is 9.97 Å². The smallest absolute Gasteiger partial charge is 0.0954 e. The Bertz CT molecular complexity index is 451. The highest BCUT2D eigenvalue weighted by Gasteiger charge is 1.99. The van der Waals surface area contributed by atoms with Gasteiger partial charge in [0.15, 0.2) is 0 Å². The quantitative estimate of drug-likeness (QED) is 0.813. The van der Waals surface area contributed by atoms with Crippen LogP contribution in [0.15, 0.2) is 30.7 Å². The number of imidazole rings is 1. The van der Waals surface area contributed by atoms with Gasteiger partial charge in [0.05, 0.1) is 30.9 Å². The summed E-state index contributed by atoms with van der Waals surface area (Å²) in [6, 6.07) is 5.93. The number of rotatable bonds is 3. The molecule has 0 aromatic carbocycles. The summed E-state index contributed by atoms with van der Waals surface area (Å²) in [7, 11) is 0. The van der Waals surface area contributed by atoms with Gasteiger partial charge in [-0.15, -0.1) is 0 Å². The Morgan fingerprint density at radius 2 is 2.20 bits per heavy atom. The van der Waals surface area contributed by atoms with Gasteiger partial charge in [-0.25, -0.2) is 4.98 Å². The highest BCUT2D eigenvalue weighted by atomic mass is 16.3. The molecule has 0 aliphatic carbocycles. The van der Waals surface area contributed by atoms with Crippen LogP contribution < -0.4 is 0 Å². The molecule has 0 spiro atoms. The number of nitrogens with zero attached hydrogens (tertiary/aromatic N) is 3. The minimum absolute atomic E-state index is 0.0196. The third-order valence-corrected chi connectivity index (χ3v) is 2.14. The molecular weight excluding hydrogens is 190 g/mol. The van der Waals surface area contributed by atoms with Crippen molar-refractivity contribution in [2.45, 2.75) is 20.1 Å². The molecule has 15 heavy (non-hydrogen) atoms. The fraction of sp³-hybridized carbons (Fsp3) is 0.273. The highest BCUT2D eigenvalue weighted by molar-refractivity contribution is 5.10. The van der Waals surface area contributed by atoms with Crippen LogP contribution in [0.1, 0.15) is 17.1 Å². The van der Waals surface area contributed by atoms with Gasteiger partial charge in [-0.2, -0.15) is 0 Å². The minimum atomic E-state index is -0.0196. The van der Waals surface area contributed by atoms with Gasteiger partial charge in [-0.3, -0.25) is 4.98 Å². The van der Waals surface area contributed by atoms with E-state index in [0.717, 1.165) is 11.4 Å². The number of hydrogen-bond acceptors (Lipinski definition) is 3. The molecule has 0 saturated carbocycles. The van der Waals surface area contributed by atoms with Gasteiger partial charge in [0.2, 0.25) is 0 Å². The van der Waals surface area contributed by atoms with Crippen LogP contribution in [0.5, 0.6) is 0 Å². The largest absolute Gasteiger partial charge is 0.390 e. The third kappa shape index (κ3) is 2.41. The number of aryl methyl sites for hydroxylation is 1. The monoisotopic (exact) mass is 203 g/mol. The molecule has 2 aromatic rings. The zero-order valence-electron chi connectivity index (χ0n) is 8.59. The topological polar surface area (TPSA) is 50.9 Å². The average molecular weight is 203 g/mol. The van der Waals surface area contributed by atoms with E-state index in [0.29, 0.717) is 12.2 Å². The highest BCUT2D eigenvalue weighted by Crippen LogP contribution is 2.03. The van der Waals surface area contributed by atoms with Crippen LogP contribution in [-0.4, -0.2) is 19.6 Å². The maximum atomic E-state index is 8.87. The molecule has 0 aliphatic heterocycles. The van der Waals surface area contributed by atoms with E-state index < -0.39 is 0 Å². The van der Waals surface area contributed by atoms with Crippen molar-refractivity contribution >= 4 is 0 Å². The predicted octanol–water partition coefficient (Wildman–Crippen LogP) is 1.13. The summed E-state index contributed by atoms with van der Waals surface area (Å²) in [5.74, 6) is 0. The Morgan fingerprint density at radius 3 is 2.87 bits per heavy atom. The van der Waals surface area contributed by atoms with Crippen LogP contribution in [0.4, 0.5) is 0 Å². The predicted molar refractivity (Wildman–Crippen MR) is 56.2 cm³/mol. The molecule has 4 nitrogen and oxygen atoms in total. The first kappa shape index (κ1) is 9.86. The Morgan fingerprint density at radius 1 is 1.33 bits per heavy atom. The second-order valence-electron chi connectivity index (χ2n) is 3.47. The fourth-order valence-corrected chi connectivity index (χ4v) is 1.45. The van der Waals surface area contributed by atoms with Crippen molar-refractivity contribution in [3.05, 3.63) is 47.8 Å². The number of pyridine rings is 1. The fourth-order valence-electron chi connectivity index (χ4n) is 1.45. The van der Waals surface area contributed by atoms with Crippen LogP contribution in [-0.2, 0) is 13.2 Å². The number of aliphatic hydroxyl groups excluding tert-OH is 1. The maximum absolute atomic E-state index is 8.87. The third-order valence-electron chi connectivity index (χ3n) is 2.14. The molecule has 2 heterocycles. The Balaban J connectivity index is 2.14. The van der Waals surface area contributed by atoms with Crippen molar-refractivity contribution in [2.75, 3.05) is 0 Å². The zero-order valence-corrected chi connectivity index (χ0v) is 8.59. The van der Waals surface area contributed by atoms with E-state index in [1.807, 2.05) is 35.9 Å². The molecule has 0 amide bonds. The van der Waals surface area contributed by atoms with Crippen LogP contribution in [0.25, 0.3) is 0 Å². The summed E-state index contributed by atoms with van der Waals surface area (Å²) in [5.41, 5.74) is 2.69. The number of aromatic nitrogens is 3. The lowest BCUT2D eigenvalue weighted by atomic mass is 10.3. The minimum Gasteiger partial charge on any atom is -0.390 e. The molecule has 78 valence electrons. The van der Waals surface area contributed by atoms with Gasteiger partial charge in [-0.1, -0.05) is 6.07 Å². The molecule has 0 saturated heterocycles. The van der Waals surface area contributed by atoms with E-state index in [4.69, 9.17) is 5.11 Å². The molecule has 1 N–H and O–H groups in total. The summed E-state index contributed by atoms with van der Waals surface area (Å²) >= 11 is 0. The van der Waals surface area contributed by atoms with Gasteiger partial charge >= 0.3 is 0 Å². The van der Waals surface area contributed by atoms with E-state index in [1.165, 1.54) is 0 Å². The SMILES string of the molecule is Cc1cccc(Cn2cnc(CO)c2)n1. The molecule has 2 rings (SSSR count). The first-order valence-corrected chi connectivity index (χ1v) is 4.82. The van der Waals surface area contributed by atoms with Gasteiger partial charge in [0.25, 0.3) is 0 Å². The van der Waals surface area contributed by atoms with Crippen molar-refractivity contribution in [2.24, 2.45) is 0 Å². The van der Waals surface area contributed by atoms with E-state index in [9.17, 15) is 0 Å². The molecule has 4 heteroatoms. The number of aliphatic hydroxyl groups is 1. The molecule has 0 atom stereocenters. The van der Waals surface area contributed by atoms with Gasteiger partial charge in [0, 0.05) is 11.9 Å². The number of hydrogen-bond donors (Lipinski definition) is 1. The lowest BCUT2D eigenvalue weighted by molar-refractivity contribution is 0.277. The Labute approximate surface area is 88.2 Å². The molecule has 0 aliphatic rings. The summed E-state index contributed by atoms with van der Waals surface area (Å²) in [6.07, 6.45) is 3.53. The van der Waals surface area contributed by atoms with Crippen LogP contribution in [0.3, 0.4) is 0 Å². The van der Waals surface area contributed by atoms with Crippen LogP contribution in [0.2, 0.25) is 0 Å². The lowest BCUT2D eigenvalue weighted by Gasteiger charge is -2.02. The van der Waals surface area contributed by atoms with Crippen LogP contribution in [0, 0.1) is 6.92 Å². The molecular formula is C11H13N3O. The van der Waals surface area contributed by atoms with Gasteiger partial charge < -0.3 is 9.67 Å². The van der Waals surface area contributed by atoms with Gasteiger partial charge in [-0.05, 0) is 19.1 Å². The van der Waals surface area contributed by atoms with Crippen molar-refractivity contribution in [3.63, 3.8) is 0 Å². The Hall–Kier alpha value is -1.68. The van der Waals surface area contributed by atoms with E-state index in [1.54, 1.807) is 6.33 Å². The first-order valence-electron chi connectivity index (χ1n) is 4.82. The van der Waals surface area contributed by atoms with Crippen LogP contribution >= 0.6 is 0 Å². The van der Waals surface area contributed by atoms with Crippen molar-refractivity contribution < 1.29 is 5.11 Å². The second kappa shape index (κ2) is 4.23. The molecule has 0 fully saturated rings. The molecule has 0 bridgehead atoms. The van der Waals surface area contributed by atoms with Gasteiger partial charge in [0.1, 0.15) is 0 Å². The maximum Gasteiger partial charge on any atom is 0.0954 e.